The number of sulfone groups is 1. The summed E-state index contributed by atoms with van der Waals surface area (Å²) in [7, 11) is -3.78. The van der Waals surface area contributed by atoms with Crippen molar-refractivity contribution < 1.29 is 21.6 Å². The van der Waals surface area contributed by atoms with Crippen molar-refractivity contribution in [2.45, 2.75) is 19.9 Å². The number of anilines is 2. The van der Waals surface area contributed by atoms with Gasteiger partial charge in [-0.2, -0.15) is 0 Å². The molecule has 0 bridgehead atoms. The van der Waals surface area contributed by atoms with Gasteiger partial charge in [-0.1, -0.05) is 23.7 Å². The number of benzene rings is 2. The van der Waals surface area contributed by atoms with Gasteiger partial charge in [-0.05, 0) is 48.7 Å². The van der Waals surface area contributed by atoms with Gasteiger partial charge in [0.1, 0.15) is 23.5 Å². The Morgan fingerprint density at radius 3 is 2.69 bits per heavy atom. The Balaban J connectivity index is 1.97. The molecule has 0 aliphatic rings. The number of imidazole rings is 1. The average Bonchev–Trinajstić information content (AvgIpc) is 3.28. The lowest BCUT2D eigenvalue weighted by Crippen LogP contribution is -2.32. The third-order valence-corrected chi connectivity index (χ3v) is 7.41. The van der Waals surface area contributed by atoms with Crippen LogP contribution < -0.4 is 9.62 Å². The van der Waals surface area contributed by atoms with Crippen molar-refractivity contribution in [3.05, 3.63) is 65.0 Å². The Kier molecular flexibility index (Phi) is 7.27. The maximum Gasteiger partial charge on any atom is 0.182 e. The van der Waals surface area contributed by atoms with Crippen molar-refractivity contribution in [1.82, 2.24) is 19.9 Å². The first-order valence-corrected chi connectivity index (χ1v) is 14.0. The van der Waals surface area contributed by atoms with Gasteiger partial charge in [-0.25, -0.2) is 27.8 Å². The van der Waals surface area contributed by atoms with Gasteiger partial charge in [0.2, 0.25) is 0 Å². The minimum atomic E-state index is -3.78. The summed E-state index contributed by atoms with van der Waals surface area (Å²) >= 11 is 3.55. The summed E-state index contributed by atoms with van der Waals surface area (Å²) in [5, 5.41) is 3.44. The number of halogens is 2. The fraction of sp³-hybridized carbons (Fsp3) is 0.227. The maximum atomic E-state index is 14.3. The van der Waals surface area contributed by atoms with Crippen LogP contribution in [0.3, 0.4) is 0 Å². The van der Waals surface area contributed by atoms with E-state index in [1.54, 1.807) is 26.0 Å². The summed E-state index contributed by atoms with van der Waals surface area (Å²) in [6.07, 6.45) is 3.74. The molecule has 14 heteroatoms. The minimum Gasteiger partial charge on any atom is -0.755 e. The second-order valence-corrected chi connectivity index (χ2v) is 11.5. The SMILES string of the molecule is Cc1c(Cl)cc(C(C)Nc2ncnc3nc[nH]c23)c(-c2cccc(F)c2)c1N(CS(C)(=O)=O)S(=O)[O-]. The number of aromatic amines is 1. The van der Waals surface area contributed by atoms with Crippen LogP contribution in [0.4, 0.5) is 15.9 Å². The third-order valence-electron chi connectivity index (χ3n) is 5.46. The first kappa shape index (κ1) is 25.9. The van der Waals surface area contributed by atoms with Crippen molar-refractivity contribution in [1.29, 1.82) is 0 Å². The summed E-state index contributed by atoms with van der Waals surface area (Å²) in [6, 6.07) is 6.66. The zero-order chi connectivity index (χ0) is 26.2. The smallest absolute Gasteiger partial charge is 0.182 e. The number of hydrogen-bond acceptors (Lipinski definition) is 8. The molecule has 4 aromatic rings. The molecule has 0 spiro atoms. The van der Waals surface area contributed by atoms with Gasteiger partial charge < -0.3 is 14.9 Å². The Labute approximate surface area is 214 Å². The molecule has 0 amide bonds. The highest BCUT2D eigenvalue weighted by atomic mass is 35.5. The predicted octanol–water partition coefficient (Wildman–Crippen LogP) is 3.90. The van der Waals surface area contributed by atoms with Gasteiger partial charge in [0.05, 0.1) is 18.1 Å². The molecule has 190 valence electrons. The van der Waals surface area contributed by atoms with Gasteiger partial charge >= 0.3 is 0 Å². The van der Waals surface area contributed by atoms with Crippen LogP contribution >= 0.6 is 11.6 Å². The molecule has 0 aliphatic carbocycles. The van der Waals surface area contributed by atoms with Crippen LogP contribution in [0, 0.1) is 12.7 Å². The van der Waals surface area contributed by atoms with Crippen LogP contribution in [0.15, 0.2) is 43.0 Å². The lowest BCUT2D eigenvalue weighted by atomic mass is 9.91. The van der Waals surface area contributed by atoms with Crippen molar-refractivity contribution >= 4 is 55.4 Å². The van der Waals surface area contributed by atoms with E-state index in [9.17, 15) is 21.6 Å². The first-order valence-electron chi connectivity index (χ1n) is 10.5. The van der Waals surface area contributed by atoms with E-state index >= 15 is 0 Å². The quantitative estimate of drug-likeness (QED) is 0.314. The molecule has 2 heterocycles. The predicted molar refractivity (Wildman–Crippen MR) is 136 cm³/mol. The van der Waals surface area contributed by atoms with Gasteiger partial charge in [0.25, 0.3) is 0 Å². The van der Waals surface area contributed by atoms with E-state index in [0.29, 0.717) is 43.5 Å². The van der Waals surface area contributed by atoms with Crippen molar-refractivity contribution in [3.63, 3.8) is 0 Å². The lowest BCUT2D eigenvalue weighted by Gasteiger charge is -2.32. The van der Waals surface area contributed by atoms with E-state index in [0.717, 1.165) is 6.26 Å². The lowest BCUT2D eigenvalue weighted by molar-refractivity contribution is 0.533. The van der Waals surface area contributed by atoms with E-state index in [1.165, 1.54) is 30.9 Å². The summed E-state index contributed by atoms with van der Waals surface area (Å²) in [6.45, 7) is 3.36. The van der Waals surface area contributed by atoms with Gasteiger partial charge in [0.15, 0.2) is 21.3 Å². The van der Waals surface area contributed by atoms with Gasteiger partial charge in [0, 0.05) is 28.1 Å². The first-order chi connectivity index (χ1) is 17.0. The number of fused-ring (bicyclic) bond motifs is 1. The molecule has 4 rings (SSSR count). The number of H-pyrrole nitrogens is 1. The molecule has 0 radical (unpaired) electrons. The van der Waals surface area contributed by atoms with E-state index in [1.807, 2.05) is 0 Å². The molecule has 0 saturated carbocycles. The zero-order valence-electron chi connectivity index (χ0n) is 19.3. The molecular formula is C22H21ClFN6O4S2-. The molecule has 36 heavy (non-hydrogen) atoms. The minimum absolute atomic E-state index is 0.0323. The topological polar surface area (TPSA) is 144 Å². The molecule has 2 aromatic carbocycles. The Morgan fingerprint density at radius 1 is 1.28 bits per heavy atom. The molecule has 2 unspecified atom stereocenters. The number of nitrogens with one attached hydrogen (secondary N) is 2. The van der Waals surface area contributed by atoms with Crippen LogP contribution in [0.1, 0.15) is 24.1 Å². The van der Waals surface area contributed by atoms with Gasteiger partial charge in [-0.3, -0.25) is 8.51 Å². The third kappa shape index (κ3) is 5.33. The number of rotatable bonds is 8. The van der Waals surface area contributed by atoms with Crippen molar-refractivity contribution in [3.8, 4) is 11.1 Å². The molecule has 0 fully saturated rings. The Bertz CT molecular complexity index is 1580. The highest BCUT2D eigenvalue weighted by Gasteiger charge is 2.27. The summed E-state index contributed by atoms with van der Waals surface area (Å²) in [5.41, 5.74) is 2.47. The summed E-state index contributed by atoms with van der Waals surface area (Å²) < 4.78 is 63.9. The molecule has 2 N–H and O–H groups in total. The highest BCUT2D eigenvalue weighted by Crippen LogP contribution is 2.44. The van der Waals surface area contributed by atoms with Gasteiger partial charge in [-0.15, -0.1) is 0 Å². The zero-order valence-corrected chi connectivity index (χ0v) is 21.7. The van der Waals surface area contributed by atoms with E-state index in [-0.39, 0.29) is 10.7 Å². The standard InChI is InChI=1S/C22H22ClFN6O4S2/c1-12-17(23)8-16(13(2)29-22-19-21(26-9-25-19)27-10-28-22)18(14-5-4-6-15(24)7-14)20(12)30(35(31)32)11-36(3,33)34/h4-10,13H,11H2,1-3H3,(H,31,32)(H2,25,26,27,28,29)/p-1. The molecule has 2 atom stereocenters. The van der Waals surface area contributed by atoms with E-state index in [2.05, 4.69) is 25.3 Å². The summed E-state index contributed by atoms with van der Waals surface area (Å²) in [5.74, 6) is -0.950. The summed E-state index contributed by atoms with van der Waals surface area (Å²) in [4.78, 5) is 15.4. The largest absolute Gasteiger partial charge is 0.755 e. The normalized spacial score (nSPS) is 13.5. The number of nitrogens with zero attached hydrogens (tertiary/aromatic N) is 4. The molecule has 2 aromatic heterocycles. The molecular weight excluding hydrogens is 531 g/mol. The van der Waals surface area contributed by atoms with Crippen LogP contribution in [-0.2, 0) is 21.1 Å². The van der Waals surface area contributed by atoms with Crippen LogP contribution in [0.5, 0.6) is 0 Å². The Hall–Kier alpha value is -3.13. The molecule has 10 nitrogen and oxygen atoms in total. The second-order valence-electron chi connectivity index (χ2n) is 8.15. The fourth-order valence-electron chi connectivity index (χ4n) is 3.91. The van der Waals surface area contributed by atoms with Crippen molar-refractivity contribution in [2.75, 3.05) is 21.8 Å². The molecule has 0 saturated heterocycles. The van der Waals surface area contributed by atoms with Crippen molar-refractivity contribution in [2.24, 2.45) is 0 Å². The maximum absolute atomic E-state index is 14.3. The van der Waals surface area contributed by atoms with Crippen LogP contribution in [-0.4, -0.2) is 49.2 Å². The average molecular weight is 552 g/mol. The monoisotopic (exact) mass is 551 g/mol. The van der Waals surface area contributed by atoms with E-state index < -0.39 is 38.8 Å². The Morgan fingerprint density at radius 2 is 2.03 bits per heavy atom. The number of hydrogen-bond donors (Lipinski definition) is 2. The highest BCUT2D eigenvalue weighted by molar-refractivity contribution is 7.92. The van der Waals surface area contributed by atoms with E-state index in [4.69, 9.17) is 11.6 Å². The number of aromatic nitrogens is 4. The van der Waals surface area contributed by atoms with Crippen LogP contribution in [0.2, 0.25) is 5.02 Å². The van der Waals surface area contributed by atoms with Crippen LogP contribution in [0.25, 0.3) is 22.3 Å². The molecule has 0 aliphatic heterocycles. The second kappa shape index (κ2) is 10.1. The fourth-order valence-corrected chi connectivity index (χ4v) is 5.97.